The number of carbonyl (C=O) groups is 2. The summed E-state index contributed by atoms with van der Waals surface area (Å²) < 4.78 is 178. The third-order valence-electron chi connectivity index (χ3n) is 7.66. The Morgan fingerprint density at radius 2 is 1.10 bits per heavy atom. The van der Waals surface area contributed by atoms with Crippen LogP contribution in [0.15, 0.2) is 54.6 Å². The zero-order valence-electron chi connectivity index (χ0n) is 25.6. The number of benzene rings is 3. The number of nitrogens with one attached hydrogen (secondary N) is 1. The molecule has 1 N–H and O–H groups in total. The molecule has 3 aromatic rings. The van der Waals surface area contributed by atoms with Gasteiger partial charge in [0.2, 0.25) is 0 Å². The minimum Gasteiger partial charge on any atom is -0.439 e. The first kappa shape index (κ1) is 39.4. The summed E-state index contributed by atoms with van der Waals surface area (Å²) in [5.74, 6) is -0.609. The molecule has 278 valence electrons. The van der Waals surface area contributed by atoms with Crippen molar-refractivity contribution in [3.05, 3.63) is 104 Å². The normalized spacial score (nSPS) is 21.1. The third-order valence-corrected chi connectivity index (χ3v) is 8.01. The second kappa shape index (κ2) is 14.0. The maximum Gasteiger partial charge on any atom is 0.416 e. The Morgan fingerprint density at radius 1 is 0.667 bits per heavy atom. The molecule has 2 fully saturated rings. The van der Waals surface area contributed by atoms with Crippen molar-refractivity contribution in [3.63, 3.8) is 0 Å². The number of alkyl carbamates (subject to hydrolysis) is 1. The molecule has 4 atom stereocenters. The Bertz CT molecular complexity index is 1730. The molecule has 0 aromatic heterocycles. The van der Waals surface area contributed by atoms with Crippen LogP contribution in [-0.4, -0.2) is 29.2 Å². The van der Waals surface area contributed by atoms with Gasteiger partial charge in [-0.1, -0.05) is 17.7 Å². The molecule has 0 radical (unpaired) electrons. The van der Waals surface area contributed by atoms with Gasteiger partial charge in [0.25, 0.3) is 0 Å². The van der Waals surface area contributed by atoms with E-state index >= 15 is 0 Å². The van der Waals surface area contributed by atoms with E-state index in [1.807, 2.05) is 0 Å². The van der Waals surface area contributed by atoms with Gasteiger partial charge < -0.3 is 14.8 Å². The van der Waals surface area contributed by atoms with Gasteiger partial charge in [0.05, 0.1) is 40.9 Å². The molecule has 3 aromatic carbocycles. The summed E-state index contributed by atoms with van der Waals surface area (Å²) in [6.07, 6.45) is -24.3. The van der Waals surface area contributed by atoms with Crippen molar-refractivity contribution in [3.8, 4) is 0 Å². The average Bonchev–Trinajstić information content (AvgIpc) is 3.48. The summed E-state index contributed by atoms with van der Waals surface area (Å²) in [6.45, 7) is 2.67. The van der Waals surface area contributed by atoms with Gasteiger partial charge in [-0.3, -0.25) is 4.90 Å². The van der Waals surface area contributed by atoms with Crippen LogP contribution in [0.1, 0.15) is 65.0 Å². The molecule has 0 bridgehead atoms. The Kier molecular flexibility index (Phi) is 10.8. The molecule has 2 amide bonds. The van der Waals surface area contributed by atoms with Crippen molar-refractivity contribution in [1.29, 1.82) is 0 Å². The SMILES string of the molecule is C[C@@H]1NC(=O)O[C@@H]1c1cc(C(F)(F)F)cc(C(F)(F)F)c1.C[C@H]1[C@@H](c2cc(C(F)(F)F)cc(C(F)(F)F)c2)OC(=O)N1Cc1ccc(F)cc1Cl. The second-order valence-corrected chi connectivity index (χ2v) is 11.8. The molecule has 20 heteroatoms. The van der Waals surface area contributed by atoms with Crippen LogP contribution in [-0.2, 0) is 40.7 Å². The third kappa shape index (κ3) is 9.28. The highest BCUT2D eigenvalue weighted by atomic mass is 35.5. The number of hydrogen-bond donors (Lipinski definition) is 1. The van der Waals surface area contributed by atoms with Gasteiger partial charge in [-0.25, -0.2) is 14.0 Å². The lowest BCUT2D eigenvalue weighted by molar-refractivity contribution is -0.144. The molecule has 0 spiro atoms. The summed E-state index contributed by atoms with van der Waals surface area (Å²) in [6, 6.07) is 3.97. The molecule has 0 unspecified atom stereocenters. The molecule has 2 saturated heterocycles. The number of halogens is 14. The van der Waals surface area contributed by atoms with E-state index in [0.29, 0.717) is 29.8 Å². The topological polar surface area (TPSA) is 67.9 Å². The lowest BCUT2D eigenvalue weighted by atomic mass is 9.97. The first-order valence-electron chi connectivity index (χ1n) is 14.2. The first-order chi connectivity index (χ1) is 23.3. The predicted octanol–water partition coefficient (Wildman–Crippen LogP) is 10.5. The number of hydrogen-bond acceptors (Lipinski definition) is 4. The quantitative estimate of drug-likeness (QED) is 0.269. The fourth-order valence-electron chi connectivity index (χ4n) is 5.15. The fraction of sp³-hybridized carbons (Fsp3) is 0.355. The number of alkyl halides is 12. The van der Waals surface area contributed by atoms with Gasteiger partial charge in [0.15, 0.2) is 0 Å². The zero-order valence-corrected chi connectivity index (χ0v) is 26.3. The molecule has 6 nitrogen and oxygen atoms in total. The Morgan fingerprint density at radius 3 is 1.47 bits per heavy atom. The average molecular weight is 769 g/mol. The van der Waals surface area contributed by atoms with Crippen LogP contribution in [0.5, 0.6) is 0 Å². The van der Waals surface area contributed by atoms with Crippen LogP contribution in [0, 0.1) is 5.82 Å². The molecule has 0 saturated carbocycles. The van der Waals surface area contributed by atoms with E-state index in [9.17, 15) is 66.7 Å². The van der Waals surface area contributed by atoms with Crippen molar-refractivity contribution >= 4 is 23.8 Å². The molecule has 2 heterocycles. The number of amides is 2. The number of cyclic esters (lactones) is 2. The standard InChI is InChI=1S/C19H13ClF7NO2.C12H9F6NO2/c1-9-16(11-4-12(18(22,23)24)6-13(5-11)19(25,26)27)30-17(29)28(9)8-10-2-3-14(21)7-15(10)20;1-5-9(21-10(20)19-5)6-2-7(11(13,14)15)4-8(3-6)12(16,17)18/h2-7,9,16H,8H2,1H3;2-5,9H,1H3,(H,19,20)/t9-,16-;5-,9-/m00/s1. The van der Waals surface area contributed by atoms with Crippen molar-refractivity contribution in [2.24, 2.45) is 0 Å². The predicted molar refractivity (Wildman–Crippen MR) is 150 cm³/mol. The summed E-state index contributed by atoms with van der Waals surface area (Å²) in [5, 5.41) is 2.27. The summed E-state index contributed by atoms with van der Waals surface area (Å²) >= 11 is 5.93. The molecule has 2 aliphatic heterocycles. The number of nitrogens with zero attached hydrogens (tertiary/aromatic N) is 1. The smallest absolute Gasteiger partial charge is 0.416 e. The van der Waals surface area contributed by atoms with Crippen molar-refractivity contribution in [2.75, 3.05) is 0 Å². The largest absolute Gasteiger partial charge is 0.439 e. The van der Waals surface area contributed by atoms with Crippen LogP contribution in [0.2, 0.25) is 5.02 Å². The van der Waals surface area contributed by atoms with Crippen molar-refractivity contribution in [1.82, 2.24) is 10.2 Å². The van der Waals surface area contributed by atoms with Gasteiger partial charge in [-0.05, 0) is 79.1 Å². The van der Waals surface area contributed by atoms with E-state index in [0.717, 1.165) is 17.0 Å². The van der Waals surface area contributed by atoms with Crippen molar-refractivity contribution < 1.29 is 76.1 Å². The molecule has 2 aliphatic rings. The molecule has 5 rings (SSSR count). The Hall–Kier alpha value is -4.42. The van der Waals surface area contributed by atoms with Gasteiger partial charge in [0.1, 0.15) is 18.0 Å². The summed E-state index contributed by atoms with van der Waals surface area (Å²) in [7, 11) is 0. The molecular formula is C31H22ClF13N2O4. The highest BCUT2D eigenvalue weighted by Crippen LogP contribution is 2.42. The van der Waals surface area contributed by atoms with E-state index in [-0.39, 0.29) is 29.3 Å². The van der Waals surface area contributed by atoms with Crippen LogP contribution in [0.4, 0.5) is 66.7 Å². The van der Waals surface area contributed by atoms with E-state index in [4.69, 9.17) is 21.1 Å². The summed E-state index contributed by atoms with van der Waals surface area (Å²) in [4.78, 5) is 24.4. The van der Waals surface area contributed by atoms with Gasteiger partial charge in [-0.2, -0.15) is 52.7 Å². The molecular weight excluding hydrogens is 747 g/mol. The number of rotatable bonds is 4. The Labute approximate surface area is 284 Å². The lowest BCUT2D eigenvalue weighted by Crippen LogP contribution is -2.31. The van der Waals surface area contributed by atoms with E-state index < -0.39 is 94.8 Å². The Balaban J connectivity index is 0.000000244. The van der Waals surface area contributed by atoms with Crippen LogP contribution >= 0.6 is 11.6 Å². The first-order valence-corrected chi connectivity index (χ1v) is 14.6. The van der Waals surface area contributed by atoms with Gasteiger partial charge >= 0.3 is 36.9 Å². The molecule has 0 aliphatic carbocycles. The van der Waals surface area contributed by atoms with Crippen molar-refractivity contribution in [2.45, 2.75) is 69.4 Å². The van der Waals surface area contributed by atoms with Crippen LogP contribution in [0.25, 0.3) is 0 Å². The fourth-order valence-corrected chi connectivity index (χ4v) is 5.38. The molecule has 51 heavy (non-hydrogen) atoms. The van der Waals surface area contributed by atoms with Crippen LogP contribution < -0.4 is 5.32 Å². The maximum atomic E-state index is 13.2. The zero-order chi connectivity index (χ0) is 38.4. The van der Waals surface area contributed by atoms with E-state index in [1.54, 1.807) is 0 Å². The number of carbonyl (C=O) groups excluding carboxylic acids is 2. The van der Waals surface area contributed by atoms with Crippen LogP contribution in [0.3, 0.4) is 0 Å². The minimum absolute atomic E-state index is 0.000989. The number of ether oxygens (including phenoxy) is 2. The van der Waals surface area contributed by atoms with E-state index in [1.165, 1.54) is 19.9 Å². The summed E-state index contributed by atoms with van der Waals surface area (Å²) in [5.41, 5.74) is -6.35. The highest BCUT2D eigenvalue weighted by Gasteiger charge is 2.44. The van der Waals surface area contributed by atoms with Gasteiger partial charge in [0, 0.05) is 5.02 Å². The monoisotopic (exact) mass is 768 g/mol. The van der Waals surface area contributed by atoms with E-state index in [2.05, 4.69) is 5.32 Å². The minimum atomic E-state index is -5.02. The highest BCUT2D eigenvalue weighted by molar-refractivity contribution is 6.31. The second-order valence-electron chi connectivity index (χ2n) is 11.3. The van der Waals surface area contributed by atoms with Gasteiger partial charge in [-0.15, -0.1) is 0 Å². The lowest BCUT2D eigenvalue weighted by Gasteiger charge is -2.22. The maximum absolute atomic E-state index is 13.2.